The fourth-order valence-electron chi connectivity index (χ4n) is 4.08. The second-order valence-electron chi connectivity index (χ2n) is 8.83. The number of benzene rings is 3. The largest absolute Gasteiger partial charge is 0.495 e. The highest BCUT2D eigenvalue weighted by atomic mass is 35.5. The molecule has 1 atom stereocenters. The predicted octanol–water partition coefficient (Wildman–Crippen LogP) is 4.54. The van der Waals surface area contributed by atoms with Crippen LogP contribution in [-0.4, -0.2) is 51.9 Å². The van der Waals surface area contributed by atoms with E-state index in [1.165, 1.54) is 67.6 Å². The minimum absolute atomic E-state index is 0.0358. The van der Waals surface area contributed by atoms with Gasteiger partial charge in [-0.3, -0.25) is 13.9 Å². The van der Waals surface area contributed by atoms with Gasteiger partial charge >= 0.3 is 0 Å². The molecule has 3 aromatic rings. The molecule has 0 radical (unpaired) electrons. The first-order valence-electron chi connectivity index (χ1n) is 12.2. The Balaban J connectivity index is 2.12. The van der Waals surface area contributed by atoms with E-state index in [-0.39, 0.29) is 34.3 Å². The summed E-state index contributed by atoms with van der Waals surface area (Å²) in [5.41, 5.74) is 1.49. The molecule has 0 aliphatic heterocycles. The minimum atomic E-state index is -4.29. The molecule has 0 aliphatic carbocycles. The van der Waals surface area contributed by atoms with E-state index in [1.54, 1.807) is 25.1 Å². The number of amides is 2. The van der Waals surface area contributed by atoms with E-state index < -0.39 is 40.2 Å². The van der Waals surface area contributed by atoms with Crippen molar-refractivity contribution in [1.82, 2.24) is 10.2 Å². The van der Waals surface area contributed by atoms with Crippen molar-refractivity contribution >= 4 is 39.1 Å². The lowest BCUT2D eigenvalue weighted by molar-refractivity contribution is -0.140. The van der Waals surface area contributed by atoms with Crippen LogP contribution < -0.4 is 14.4 Å². The third-order valence-electron chi connectivity index (χ3n) is 6.20. The van der Waals surface area contributed by atoms with Crippen LogP contribution in [-0.2, 0) is 26.2 Å². The molecule has 0 fully saturated rings. The molecular weight excluding hydrogens is 545 g/mol. The zero-order chi connectivity index (χ0) is 28.7. The Kier molecular flexibility index (Phi) is 9.93. The Hall–Kier alpha value is -3.63. The standard InChI is InChI=1S/C28H31ClFN3O5S/c1-5-24(28(35)31-3)32(17-20-8-11-22(30)12-9-20)27(34)18-33(25-16-21(29)10-15-26(25)38-4)39(36,37)23-13-6-19(2)7-14-23/h6-16,24H,5,17-18H2,1-4H3,(H,31,35). The van der Waals surface area contributed by atoms with Gasteiger partial charge in [-0.1, -0.05) is 48.4 Å². The highest BCUT2D eigenvalue weighted by Gasteiger charge is 2.34. The van der Waals surface area contributed by atoms with E-state index >= 15 is 0 Å². The van der Waals surface area contributed by atoms with Crippen LogP contribution in [0.25, 0.3) is 0 Å². The minimum Gasteiger partial charge on any atom is -0.495 e. The molecule has 1 N–H and O–H groups in total. The number of hydrogen-bond donors (Lipinski definition) is 1. The molecule has 8 nitrogen and oxygen atoms in total. The number of ether oxygens (including phenoxy) is 1. The maximum absolute atomic E-state index is 13.9. The van der Waals surface area contributed by atoms with Gasteiger partial charge < -0.3 is 15.0 Å². The van der Waals surface area contributed by atoms with Gasteiger partial charge in [-0.25, -0.2) is 12.8 Å². The lowest BCUT2D eigenvalue weighted by Gasteiger charge is -2.33. The number of aryl methyl sites for hydroxylation is 1. The Labute approximate surface area is 233 Å². The first-order chi connectivity index (χ1) is 18.5. The Morgan fingerprint density at radius 2 is 1.69 bits per heavy atom. The number of sulfonamides is 1. The number of nitrogens with zero attached hydrogens (tertiary/aromatic N) is 2. The molecule has 0 aliphatic rings. The maximum atomic E-state index is 13.9. The summed E-state index contributed by atoms with van der Waals surface area (Å²) >= 11 is 6.23. The monoisotopic (exact) mass is 575 g/mol. The smallest absolute Gasteiger partial charge is 0.264 e. The quantitative estimate of drug-likeness (QED) is 0.362. The van der Waals surface area contributed by atoms with Gasteiger partial charge in [0.05, 0.1) is 17.7 Å². The van der Waals surface area contributed by atoms with Gasteiger partial charge in [-0.2, -0.15) is 0 Å². The number of likely N-dealkylation sites (N-methyl/N-ethyl adjacent to an activating group) is 1. The van der Waals surface area contributed by atoms with Gasteiger partial charge in [0.25, 0.3) is 10.0 Å². The van der Waals surface area contributed by atoms with Crippen LogP contribution in [0.4, 0.5) is 10.1 Å². The van der Waals surface area contributed by atoms with Crippen LogP contribution in [0.1, 0.15) is 24.5 Å². The first kappa shape index (κ1) is 29.9. The van der Waals surface area contributed by atoms with Crippen molar-refractivity contribution in [3.63, 3.8) is 0 Å². The Bertz CT molecular complexity index is 1420. The molecule has 208 valence electrons. The number of carbonyl (C=O) groups is 2. The second-order valence-corrected chi connectivity index (χ2v) is 11.1. The first-order valence-corrected chi connectivity index (χ1v) is 14.0. The SMILES string of the molecule is CCC(C(=O)NC)N(Cc1ccc(F)cc1)C(=O)CN(c1cc(Cl)ccc1OC)S(=O)(=O)c1ccc(C)cc1. The van der Waals surface area contributed by atoms with Gasteiger partial charge in [0.1, 0.15) is 24.2 Å². The molecule has 0 spiro atoms. The number of methoxy groups -OCH3 is 1. The lowest BCUT2D eigenvalue weighted by atomic mass is 10.1. The van der Waals surface area contributed by atoms with E-state index in [0.29, 0.717) is 5.56 Å². The molecule has 3 rings (SSSR count). The van der Waals surface area contributed by atoms with Crippen LogP contribution in [0, 0.1) is 12.7 Å². The van der Waals surface area contributed by atoms with Crippen molar-refractivity contribution in [1.29, 1.82) is 0 Å². The zero-order valence-electron chi connectivity index (χ0n) is 22.1. The molecular formula is C28H31ClFN3O5S. The topological polar surface area (TPSA) is 96.0 Å². The van der Waals surface area contributed by atoms with Crippen LogP contribution in [0.15, 0.2) is 71.6 Å². The summed E-state index contributed by atoms with van der Waals surface area (Å²) in [6, 6.07) is 15.3. The second kappa shape index (κ2) is 12.9. The van der Waals surface area contributed by atoms with Gasteiger partial charge in [0.2, 0.25) is 11.8 Å². The van der Waals surface area contributed by atoms with E-state index in [0.717, 1.165) is 9.87 Å². The molecule has 3 aromatic carbocycles. The fraction of sp³-hybridized carbons (Fsp3) is 0.286. The van der Waals surface area contributed by atoms with E-state index in [2.05, 4.69) is 5.32 Å². The summed E-state index contributed by atoms with van der Waals surface area (Å²) < 4.78 is 47.8. The molecule has 0 heterocycles. The van der Waals surface area contributed by atoms with Crippen LogP contribution in [0.3, 0.4) is 0 Å². The third kappa shape index (κ3) is 7.07. The third-order valence-corrected chi connectivity index (χ3v) is 8.20. The predicted molar refractivity (Wildman–Crippen MR) is 149 cm³/mol. The van der Waals surface area contributed by atoms with Gasteiger partial charge in [-0.05, 0) is 61.4 Å². The summed E-state index contributed by atoms with van der Waals surface area (Å²) in [4.78, 5) is 27.9. The van der Waals surface area contributed by atoms with Gasteiger partial charge in [-0.15, -0.1) is 0 Å². The molecule has 0 saturated heterocycles. The maximum Gasteiger partial charge on any atom is 0.264 e. The summed E-state index contributed by atoms with van der Waals surface area (Å²) in [5, 5.41) is 2.79. The number of halogens is 2. The molecule has 11 heteroatoms. The number of carbonyl (C=O) groups excluding carboxylic acids is 2. The van der Waals surface area contributed by atoms with Crippen LogP contribution in [0.2, 0.25) is 5.02 Å². The van der Waals surface area contributed by atoms with Crippen molar-refractivity contribution in [2.45, 2.75) is 37.8 Å². The zero-order valence-corrected chi connectivity index (χ0v) is 23.7. The van der Waals surface area contributed by atoms with Crippen LogP contribution >= 0.6 is 11.6 Å². The molecule has 2 amide bonds. The van der Waals surface area contributed by atoms with Gasteiger partial charge in [0, 0.05) is 18.6 Å². The lowest BCUT2D eigenvalue weighted by Crippen LogP contribution is -2.51. The highest BCUT2D eigenvalue weighted by molar-refractivity contribution is 7.92. The highest BCUT2D eigenvalue weighted by Crippen LogP contribution is 2.35. The van der Waals surface area contributed by atoms with Crippen molar-refractivity contribution in [2.24, 2.45) is 0 Å². The number of nitrogens with one attached hydrogen (secondary N) is 1. The van der Waals surface area contributed by atoms with Crippen LogP contribution in [0.5, 0.6) is 5.75 Å². The van der Waals surface area contributed by atoms with E-state index in [9.17, 15) is 22.4 Å². The van der Waals surface area contributed by atoms with Crippen molar-refractivity contribution in [3.8, 4) is 5.75 Å². The summed E-state index contributed by atoms with van der Waals surface area (Å²) in [6.07, 6.45) is 0.262. The molecule has 1 unspecified atom stereocenters. The summed E-state index contributed by atoms with van der Waals surface area (Å²) in [7, 11) is -1.45. The average Bonchev–Trinajstić information content (AvgIpc) is 2.92. The molecule has 0 saturated carbocycles. The number of hydrogen-bond acceptors (Lipinski definition) is 5. The summed E-state index contributed by atoms with van der Waals surface area (Å²) in [5.74, 6) is -1.32. The normalized spacial score (nSPS) is 11.9. The Morgan fingerprint density at radius 1 is 1.05 bits per heavy atom. The molecule has 0 bridgehead atoms. The fourth-order valence-corrected chi connectivity index (χ4v) is 5.66. The number of rotatable bonds is 11. The van der Waals surface area contributed by atoms with Gasteiger partial charge in [0.15, 0.2) is 0 Å². The summed E-state index contributed by atoms with van der Waals surface area (Å²) in [6.45, 7) is 2.87. The van der Waals surface area contributed by atoms with Crippen molar-refractivity contribution in [2.75, 3.05) is 25.0 Å². The van der Waals surface area contributed by atoms with Crippen molar-refractivity contribution < 1.29 is 27.1 Å². The molecule has 39 heavy (non-hydrogen) atoms. The number of anilines is 1. The van der Waals surface area contributed by atoms with E-state index in [1.807, 2.05) is 6.92 Å². The molecule has 0 aromatic heterocycles. The van der Waals surface area contributed by atoms with Crippen molar-refractivity contribution in [3.05, 3.63) is 88.7 Å². The average molecular weight is 576 g/mol. The van der Waals surface area contributed by atoms with E-state index in [4.69, 9.17) is 16.3 Å². The Morgan fingerprint density at radius 3 is 2.26 bits per heavy atom.